The van der Waals surface area contributed by atoms with Gasteiger partial charge in [0.05, 0.1) is 18.1 Å². The van der Waals surface area contributed by atoms with Crippen LogP contribution in [0.25, 0.3) is 0 Å². The van der Waals surface area contributed by atoms with E-state index in [1.165, 1.54) is 16.5 Å². The number of amides is 7. The van der Waals surface area contributed by atoms with E-state index in [1.54, 1.807) is 80.2 Å². The van der Waals surface area contributed by atoms with Gasteiger partial charge >= 0.3 is 0 Å². The summed E-state index contributed by atoms with van der Waals surface area (Å²) >= 11 is 0. The number of hydrogen-bond acceptors (Lipinski definition) is 9. The maximum absolute atomic E-state index is 15.6. The minimum atomic E-state index is -1.08. The Morgan fingerprint density at radius 1 is 0.671 bits per heavy atom. The first-order valence-electron chi connectivity index (χ1n) is 27.9. The molecule has 1 aliphatic carbocycles. The highest BCUT2D eigenvalue weighted by atomic mass is 19.1. The Bertz CT molecular complexity index is 2860. The monoisotopic (exact) mass is 1080 g/mol. The molecule has 7 rings (SSSR count). The number of aryl methyl sites for hydroxylation is 1. The van der Waals surface area contributed by atoms with Crippen molar-refractivity contribution in [2.45, 2.75) is 162 Å². The average Bonchev–Trinajstić information content (AvgIpc) is 3.88. The zero-order chi connectivity index (χ0) is 57.5. The summed E-state index contributed by atoms with van der Waals surface area (Å²) in [5.74, 6) is -3.11. The van der Waals surface area contributed by atoms with Gasteiger partial charge in [-0.1, -0.05) is 120 Å². The van der Waals surface area contributed by atoms with Gasteiger partial charge in [0.25, 0.3) is 11.8 Å². The van der Waals surface area contributed by atoms with E-state index in [2.05, 4.69) is 38.0 Å². The van der Waals surface area contributed by atoms with Crippen molar-refractivity contribution in [1.82, 2.24) is 46.6 Å². The highest BCUT2D eigenvalue weighted by Gasteiger charge is 2.47. The first-order valence-corrected chi connectivity index (χ1v) is 27.9. The Morgan fingerprint density at radius 3 is 1.80 bits per heavy atom. The molecule has 3 aliphatic rings. The fourth-order valence-electron chi connectivity index (χ4n) is 11.0. The molecular weight excluding hydrogens is 1000 g/mol. The molecule has 4 aromatic carbocycles. The second kappa shape index (κ2) is 25.4. The maximum Gasteiger partial charge on any atom is 0.251 e. The lowest BCUT2D eigenvalue weighted by Crippen LogP contribution is -2.60. The number of fused-ring (bicyclic) bond motifs is 2. The highest BCUT2D eigenvalue weighted by molar-refractivity contribution is 5.97. The van der Waals surface area contributed by atoms with Gasteiger partial charge in [0, 0.05) is 37.3 Å². The van der Waals surface area contributed by atoms with Crippen LogP contribution in [0.5, 0.6) is 0 Å². The highest BCUT2D eigenvalue weighted by Crippen LogP contribution is 2.36. The van der Waals surface area contributed by atoms with Gasteiger partial charge in [0.1, 0.15) is 30.0 Å². The molecule has 17 heteroatoms. The van der Waals surface area contributed by atoms with Gasteiger partial charge in [-0.15, -0.1) is 0 Å². The van der Waals surface area contributed by atoms with Crippen molar-refractivity contribution in [3.8, 4) is 0 Å². The van der Waals surface area contributed by atoms with E-state index in [-0.39, 0.29) is 62.1 Å². The van der Waals surface area contributed by atoms with Crippen LogP contribution in [-0.4, -0.2) is 126 Å². The molecule has 0 bridgehead atoms. The summed E-state index contributed by atoms with van der Waals surface area (Å²) < 4.78 is 15.4. The Hall–Kier alpha value is -6.98. The average molecular weight is 1080 g/mol. The number of hydrogen-bond donors (Lipinski definition) is 6. The van der Waals surface area contributed by atoms with E-state index in [9.17, 15) is 28.8 Å². The van der Waals surface area contributed by atoms with Crippen molar-refractivity contribution in [2.75, 3.05) is 27.2 Å². The zero-order valence-electron chi connectivity index (χ0n) is 47.9. The van der Waals surface area contributed by atoms with E-state index < -0.39 is 82.7 Å². The second-order valence-electron chi connectivity index (χ2n) is 23.9. The normalized spacial score (nSPS) is 20.1. The van der Waals surface area contributed by atoms with Crippen LogP contribution < -0.4 is 31.9 Å². The van der Waals surface area contributed by atoms with Crippen molar-refractivity contribution in [1.29, 1.82) is 0 Å². The number of rotatable bonds is 18. The summed E-state index contributed by atoms with van der Waals surface area (Å²) in [6.45, 7) is 16.7. The SMILES string of the molecule is CN[C@@H](C)C(=O)NC(C(=O)N1CC(NC(=O)c2ccc(CN(C(=O)C3c4ccccc4CCN3C(=O)C(NC(=O)[C@H](C)NC)C(C)(C)C)[C@H](C)Cc3ccccc3F)cc2)CC1C(=O)NC1CCCc2ccccc21)C(C)(C)C. The molecule has 79 heavy (non-hydrogen) atoms. The lowest BCUT2D eigenvalue weighted by Gasteiger charge is -2.43. The third-order valence-electron chi connectivity index (χ3n) is 16.0. The molecule has 0 radical (unpaired) electrons. The number of halogens is 1. The molecule has 9 atom stereocenters. The van der Waals surface area contributed by atoms with Gasteiger partial charge in [-0.25, -0.2) is 4.39 Å². The van der Waals surface area contributed by atoms with Crippen molar-refractivity contribution in [3.05, 3.63) is 142 Å². The molecule has 6 unspecified atom stereocenters. The van der Waals surface area contributed by atoms with Gasteiger partial charge in [-0.05, 0) is 136 Å². The van der Waals surface area contributed by atoms with Crippen LogP contribution in [0.1, 0.15) is 137 Å². The molecule has 424 valence electrons. The summed E-state index contributed by atoms with van der Waals surface area (Å²) in [6.07, 6.45) is 3.32. The maximum atomic E-state index is 15.6. The lowest BCUT2D eigenvalue weighted by molar-refractivity contribution is -0.152. The number of benzene rings is 4. The van der Waals surface area contributed by atoms with Crippen molar-refractivity contribution < 1.29 is 38.0 Å². The predicted octanol–water partition coefficient (Wildman–Crippen LogP) is 6.08. The number of carbonyl (C=O) groups excluding carboxylic acids is 7. The summed E-state index contributed by atoms with van der Waals surface area (Å²) in [5.41, 5.74) is 3.70. The quantitative estimate of drug-likeness (QED) is 0.0683. The number of likely N-dealkylation sites (N-methyl/N-ethyl adjacent to an activating group) is 2. The third kappa shape index (κ3) is 14.1. The van der Waals surface area contributed by atoms with Crippen LogP contribution in [0.3, 0.4) is 0 Å². The Kier molecular flexibility index (Phi) is 19.2. The summed E-state index contributed by atoms with van der Waals surface area (Å²) in [6, 6.07) is 22.2. The Morgan fingerprint density at radius 2 is 1.22 bits per heavy atom. The topological polar surface area (TPSA) is 201 Å². The minimum Gasteiger partial charge on any atom is -0.347 e. The van der Waals surface area contributed by atoms with E-state index >= 15 is 9.18 Å². The lowest BCUT2D eigenvalue weighted by atomic mass is 9.83. The standard InChI is InChI=1S/C62H82FN9O7/c1-37(33-44-21-14-17-25-48(44)63)71(58(77)51-47-24-16-13-20-42(47)31-32-70(51)59(78)52(61(4,5)6)68-54(73)38(2)64-10)35-40-27-29-43(30-28-40)56(75)66-45-34-50(57(76)67-49-26-18-22-41-19-12-15-23-46(41)49)72(36-45)60(79)53(62(7,8)9)69-55(74)39(3)65-11/h12-17,19-21,23-25,27-30,37-39,45,49-53,64-65H,18,22,26,31-36H2,1-11H3,(H,66,75)(H,67,76)(H,68,73)(H,69,74)/t37-,38+,39+,45?,49?,50?,51?,52?,53?/m1/s1. The largest absolute Gasteiger partial charge is 0.347 e. The smallest absolute Gasteiger partial charge is 0.251 e. The molecule has 4 aromatic rings. The van der Waals surface area contributed by atoms with Crippen molar-refractivity contribution >= 4 is 41.4 Å². The molecular formula is C62H82FN9O7. The van der Waals surface area contributed by atoms with Crippen molar-refractivity contribution in [3.63, 3.8) is 0 Å². The van der Waals surface area contributed by atoms with Gasteiger partial charge < -0.3 is 46.6 Å². The third-order valence-corrected chi connectivity index (χ3v) is 16.0. The van der Waals surface area contributed by atoms with Gasteiger partial charge in [-0.3, -0.25) is 33.6 Å². The molecule has 0 spiro atoms. The number of nitrogens with zero attached hydrogens (tertiary/aromatic N) is 3. The molecule has 0 saturated carbocycles. The molecule has 2 heterocycles. The number of carbonyl (C=O) groups is 7. The van der Waals surface area contributed by atoms with Crippen LogP contribution in [0.4, 0.5) is 4.39 Å². The van der Waals surface area contributed by atoms with Crippen LogP contribution in [0.2, 0.25) is 0 Å². The van der Waals surface area contributed by atoms with Gasteiger partial charge in [0.15, 0.2) is 0 Å². The molecule has 1 saturated heterocycles. The zero-order valence-corrected chi connectivity index (χ0v) is 47.9. The fraction of sp³-hybridized carbons (Fsp3) is 0.500. The van der Waals surface area contributed by atoms with E-state index in [1.807, 2.05) is 90.9 Å². The van der Waals surface area contributed by atoms with Gasteiger partial charge in [-0.2, -0.15) is 0 Å². The number of likely N-dealkylation sites (tertiary alicyclic amines) is 1. The predicted molar refractivity (Wildman–Crippen MR) is 303 cm³/mol. The van der Waals surface area contributed by atoms with E-state index in [0.29, 0.717) is 28.7 Å². The summed E-state index contributed by atoms with van der Waals surface area (Å²) in [5, 5.41) is 18.1. The van der Waals surface area contributed by atoms with Crippen LogP contribution in [0.15, 0.2) is 97.1 Å². The van der Waals surface area contributed by atoms with Gasteiger partial charge in [0.2, 0.25) is 29.5 Å². The van der Waals surface area contributed by atoms with Crippen LogP contribution in [0, 0.1) is 16.6 Å². The number of nitrogens with one attached hydrogen (secondary N) is 6. The first kappa shape index (κ1) is 59.7. The molecule has 16 nitrogen and oxygen atoms in total. The summed E-state index contributed by atoms with van der Waals surface area (Å²) in [7, 11) is 3.32. The van der Waals surface area contributed by atoms with Crippen molar-refractivity contribution in [2.24, 2.45) is 10.8 Å². The molecule has 2 aliphatic heterocycles. The molecule has 7 amide bonds. The molecule has 1 fully saturated rings. The molecule has 6 N–H and O–H groups in total. The van der Waals surface area contributed by atoms with Crippen LogP contribution >= 0.6 is 0 Å². The van der Waals surface area contributed by atoms with Crippen LogP contribution in [-0.2, 0) is 54.6 Å². The Labute approximate surface area is 465 Å². The Balaban J connectivity index is 1.15. The van der Waals surface area contributed by atoms with E-state index in [4.69, 9.17) is 0 Å². The van der Waals surface area contributed by atoms with E-state index in [0.717, 1.165) is 30.4 Å². The summed E-state index contributed by atoms with van der Waals surface area (Å²) in [4.78, 5) is 105. The fourth-order valence-corrected chi connectivity index (χ4v) is 11.0. The molecule has 0 aromatic heterocycles. The first-order chi connectivity index (χ1) is 37.4. The second-order valence-corrected chi connectivity index (χ2v) is 23.9. The minimum absolute atomic E-state index is 0.0186.